The van der Waals surface area contributed by atoms with Crippen LogP contribution in [0.4, 0.5) is 0 Å². The second-order valence-corrected chi connectivity index (χ2v) is 2.27. The lowest BCUT2D eigenvalue weighted by Gasteiger charge is -1.95. The molecule has 1 nitrogen and oxygen atoms in total. The van der Waals surface area contributed by atoms with Gasteiger partial charge in [0.1, 0.15) is 6.29 Å². The normalized spacial score (nSPS) is 8.80. The van der Waals surface area contributed by atoms with Gasteiger partial charge in [0.25, 0.3) is 0 Å². The third kappa shape index (κ3) is 5.29. The van der Waals surface area contributed by atoms with Gasteiger partial charge in [-0.3, -0.25) is 0 Å². The molecule has 0 N–H and O–H groups in total. The minimum atomic E-state index is 0.671. The molecule has 0 amide bonds. The van der Waals surface area contributed by atoms with Crippen molar-refractivity contribution in [1.29, 1.82) is 0 Å². The highest BCUT2D eigenvalue weighted by Gasteiger charge is 1.88. The van der Waals surface area contributed by atoms with Crippen molar-refractivity contribution < 1.29 is 4.79 Å². The SMILES string of the molecule is C=CC(=C)CCCCC=O. The fraction of sp³-hybridized carbons (Fsp3) is 0.444. The van der Waals surface area contributed by atoms with E-state index in [0.29, 0.717) is 6.42 Å². The lowest BCUT2D eigenvalue weighted by atomic mass is 10.1. The molecule has 0 aliphatic rings. The molecule has 0 heterocycles. The summed E-state index contributed by atoms with van der Waals surface area (Å²) in [5.74, 6) is 0. The molecule has 0 bridgehead atoms. The zero-order valence-electron chi connectivity index (χ0n) is 6.31. The third-order valence-corrected chi connectivity index (χ3v) is 1.36. The van der Waals surface area contributed by atoms with Crippen LogP contribution in [0.5, 0.6) is 0 Å². The Labute approximate surface area is 62.4 Å². The molecular weight excluding hydrogens is 124 g/mol. The molecule has 10 heavy (non-hydrogen) atoms. The van der Waals surface area contributed by atoms with Gasteiger partial charge in [0.15, 0.2) is 0 Å². The zero-order chi connectivity index (χ0) is 7.82. The molecule has 0 unspecified atom stereocenters. The van der Waals surface area contributed by atoms with Crippen LogP contribution in [0, 0.1) is 0 Å². The number of unbranched alkanes of at least 4 members (excludes halogenated alkanes) is 2. The van der Waals surface area contributed by atoms with E-state index >= 15 is 0 Å². The summed E-state index contributed by atoms with van der Waals surface area (Å²) in [5, 5.41) is 0. The van der Waals surface area contributed by atoms with Crippen molar-refractivity contribution >= 4 is 6.29 Å². The summed E-state index contributed by atoms with van der Waals surface area (Å²) < 4.78 is 0. The van der Waals surface area contributed by atoms with Crippen molar-refractivity contribution in [2.45, 2.75) is 25.7 Å². The van der Waals surface area contributed by atoms with E-state index in [0.717, 1.165) is 31.1 Å². The minimum Gasteiger partial charge on any atom is -0.303 e. The van der Waals surface area contributed by atoms with E-state index in [1.165, 1.54) is 0 Å². The second-order valence-electron chi connectivity index (χ2n) is 2.27. The monoisotopic (exact) mass is 138 g/mol. The van der Waals surface area contributed by atoms with Crippen molar-refractivity contribution in [3.63, 3.8) is 0 Å². The van der Waals surface area contributed by atoms with E-state index in [1.54, 1.807) is 6.08 Å². The van der Waals surface area contributed by atoms with Crippen molar-refractivity contribution in [3.05, 3.63) is 24.8 Å². The third-order valence-electron chi connectivity index (χ3n) is 1.36. The van der Waals surface area contributed by atoms with Crippen LogP contribution in [-0.2, 0) is 4.79 Å². The van der Waals surface area contributed by atoms with Crippen LogP contribution in [0.1, 0.15) is 25.7 Å². The van der Waals surface area contributed by atoms with Crippen LogP contribution in [0.2, 0.25) is 0 Å². The molecule has 0 spiro atoms. The molecule has 0 saturated heterocycles. The number of hydrogen-bond donors (Lipinski definition) is 0. The number of allylic oxidation sites excluding steroid dienone is 2. The standard InChI is InChI=1S/C9H14O/c1-3-9(2)7-5-4-6-8-10/h3,8H,1-2,4-7H2. The molecule has 1 heteroatoms. The van der Waals surface area contributed by atoms with Gasteiger partial charge in [-0.1, -0.05) is 24.8 Å². The molecular formula is C9H14O. The maximum absolute atomic E-state index is 9.88. The molecule has 0 aromatic heterocycles. The Hall–Kier alpha value is -0.850. The lowest BCUT2D eigenvalue weighted by Crippen LogP contribution is -1.79. The van der Waals surface area contributed by atoms with E-state index in [4.69, 9.17) is 0 Å². The van der Waals surface area contributed by atoms with Crippen LogP contribution in [0.25, 0.3) is 0 Å². The second kappa shape index (κ2) is 6.27. The maximum Gasteiger partial charge on any atom is 0.119 e. The van der Waals surface area contributed by atoms with Crippen molar-refractivity contribution in [2.75, 3.05) is 0 Å². The first-order valence-corrected chi connectivity index (χ1v) is 3.55. The summed E-state index contributed by atoms with van der Waals surface area (Å²) in [6, 6.07) is 0. The highest BCUT2D eigenvalue weighted by atomic mass is 16.1. The molecule has 0 radical (unpaired) electrons. The molecule has 0 atom stereocenters. The Kier molecular flexibility index (Phi) is 5.74. The largest absolute Gasteiger partial charge is 0.303 e. The van der Waals surface area contributed by atoms with E-state index in [2.05, 4.69) is 13.2 Å². The fourth-order valence-electron chi connectivity index (χ4n) is 0.682. The van der Waals surface area contributed by atoms with E-state index in [9.17, 15) is 4.79 Å². The predicted molar refractivity (Wildman–Crippen MR) is 43.9 cm³/mol. The van der Waals surface area contributed by atoms with Crippen molar-refractivity contribution in [3.8, 4) is 0 Å². The number of hydrogen-bond acceptors (Lipinski definition) is 1. The predicted octanol–water partition coefficient (Wildman–Crippen LogP) is 2.49. The Bertz CT molecular complexity index is 125. The molecule has 0 aromatic rings. The zero-order valence-corrected chi connectivity index (χ0v) is 6.31. The van der Waals surface area contributed by atoms with Gasteiger partial charge in [-0.2, -0.15) is 0 Å². The van der Waals surface area contributed by atoms with Crippen LogP contribution < -0.4 is 0 Å². The van der Waals surface area contributed by atoms with E-state index in [1.807, 2.05) is 0 Å². The number of aldehydes is 1. The van der Waals surface area contributed by atoms with Gasteiger partial charge in [-0.25, -0.2) is 0 Å². The van der Waals surface area contributed by atoms with Crippen LogP contribution in [-0.4, -0.2) is 6.29 Å². The molecule has 0 rings (SSSR count). The molecule has 0 aliphatic carbocycles. The molecule has 56 valence electrons. The van der Waals surface area contributed by atoms with Gasteiger partial charge >= 0.3 is 0 Å². The van der Waals surface area contributed by atoms with Crippen molar-refractivity contribution in [2.24, 2.45) is 0 Å². The molecule has 0 fully saturated rings. The highest BCUT2D eigenvalue weighted by molar-refractivity contribution is 5.48. The summed E-state index contributed by atoms with van der Waals surface area (Å²) in [6.45, 7) is 7.35. The highest BCUT2D eigenvalue weighted by Crippen LogP contribution is 2.06. The van der Waals surface area contributed by atoms with Crippen LogP contribution in [0.15, 0.2) is 24.8 Å². The fourth-order valence-corrected chi connectivity index (χ4v) is 0.682. The topological polar surface area (TPSA) is 17.1 Å². The average Bonchev–Trinajstić information content (AvgIpc) is 1.98. The first-order valence-electron chi connectivity index (χ1n) is 3.55. The summed E-state index contributed by atoms with van der Waals surface area (Å²) in [5.41, 5.74) is 1.06. The lowest BCUT2D eigenvalue weighted by molar-refractivity contribution is -0.107. The Morgan fingerprint density at radius 2 is 2.10 bits per heavy atom. The van der Waals surface area contributed by atoms with Crippen molar-refractivity contribution in [1.82, 2.24) is 0 Å². The molecule has 0 aromatic carbocycles. The maximum atomic E-state index is 9.88. The van der Waals surface area contributed by atoms with Gasteiger partial charge in [0, 0.05) is 6.42 Å². The van der Waals surface area contributed by atoms with Gasteiger partial charge in [-0.05, 0) is 19.3 Å². The van der Waals surface area contributed by atoms with Crippen LogP contribution in [0.3, 0.4) is 0 Å². The quantitative estimate of drug-likeness (QED) is 0.313. The Balaban J connectivity index is 3.11. The summed E-state index contributed by atoms with van der Waals surface area (Å²) in [7, 11) is 0. The molecule has 0 saturated carbocycles. The summed E-state index contributed by atoms with van der Waals surface area (Å²) in [4.78, 5) is 9.88. The molecule has 0 aliphatic heterocycles. The number of carbonyl (C=O) groups excluding carboxylic acids is 1. The van der Waals surface area contributed by atoms with E-state index in [-0.39, 0.29) is 0 Å². The Morgan fingerprint density at radius 1 is 1.40 bits per heavy atom. The van der Waals surface area contributed by atoms with Crippen LogP contribution >= 0.6 is 0 Å². The van der Waals surface area contributed by atoms with Gasteiger partial charge in [-0.15, -0.1) is 0 Å². The van der Waals surface area contributed by atoms with Gasteiger partial charge in [0.05, 0.1) is 0 Å². The van der Waals surface area contributed by atoms with Gasteiger partial charge < -0.3 is 4.79 Å². The minimum absolute atomic E-state index is 0.671. The number of rotatable bonds is 6. The number of carbonyl (C=O) groups is 1. The first-order chi connectivity index (χ1) is 4.81. The summed E-state index contributed by atoms with van der Waals surface area (Å²) in [6.07, 6.45) is 6.37. The Morgan fingerprint density at radius 3 is 2.60 bits per heavy atom. The summed E-state index contributed by atoms with van der Waals surface area (Å²) >= 11 is 0. The smallest absolute Gasteiger partial charge is 0.119 e. The average molecular weight is 138 g/mol. The van der Waals surface area contributed by atoms with Gasteiger partial charge in [0.2, 0.25) is 0 Å². The van der Waals surface area contributed by atoms with E-state index < -0.39 is 0 Å². The first kappa shape index (κ1) is 9.15.